The van der Waals surface area contributed by atoms with Crippen LogP contribution in [0.15, 0.2) is 59.5 Å². The van der Waals surface area contributed by atoms with Crippen molar-refractivity contribution in [1.82, 2.24) is 23.9 Å². The number of hydrogen-bond donors (Lipinski definition) is 1. The van der Waals surface area contributed by atoms with Crippen molar-refractivity contribution < 1.29 is 4.79 Å². The second-order valence-electron chi connectivity index (χ2n) is 9.71. The number of rotatable bonds is 5. The number of pyridine rings is 1. The lowest BCUT2D eigenvalue weighted by Gasteiger charge is -2.24. The number of fused-ring (bicyclic) bond motifs is 2. The zero-order valence-electron chi connectivity index (χ0n) is 20.6. The molecule has 2 aromatic carbocycles. The van der Waals surface area contributed by atoms with Crippen molar-refractivity contribution in [3.05, 3.63) is 70.8 Å². The van der Waals surface area contributed by atoms with E-state index in [9.17, 15) is 9.59 Å². The van der Waals surface area contributed by atoms with Crippen molar-refractivity contribution in [1.29, 1.82) is 0 Å². The van der Waals surface area contributed by atoms with Crippen LogP contribution < -0.4 is 11.0 Å². The van der Waals surface area contributed by atoms with E-state index in [0.29, 0.717) is 18.2 Å². The Morgan fingerprint density at radius 1 is 1.00 bits per heavy atom. The normalized spacial score (nSPS) is 17.6. The van der Waals surface area contributed by atoms with Gasteiger partial charge in [0.1, 0.15) is 0 Å². The highest BCUT2D eigenvalue weighted by molar-refractivity contribution is 5.94. The van der Waals surface area contributed by atoms with Gasteiger partial charge in [-0.3, -0.25) is 23.8 Å². The van der Waals surface area contributed by atoms with Gasteiger partial charge in [0.05, 0.1) is 23.1 Å². The second-order valence-corrected chi connectivity index (χ2v) is 9.71. The van der Waals surface area contributed by atoms with E-state index in [0.717, 1.165) is 54.5 Å². The highest BCUT2D eigenvalue weighted by atomic mass is 16.2. The molecule has 1 aliphatic rings. The minimum absolute atomic E-state index is 0.0413. The Kier molecular flexibility index (Phi) is 6.40. The first-order chi connectivity index (χ1) is 16.9. The molecule has 8 heteroatoms. The molecule has 182 valence electrons. The van der Waals surface area contributed by atoms with Gasteiger partial charge in [0, 0.05) is 57.5 Å². The third-order valence-corrected chi connectivity index (χ3v) is 7.03. The van der Waals surface area contributed by atoms with Gasteiger partial charge in [0.2, 0.25) is 5.91 Å². The summed E-state index contributed by atoms with van der Waals surface area (Å²) in [4.78, 5) is 34.4. The number of aryl methyl sites for hydroxylation is 2. The van der Waals surface area contributed by atoms with Crippen molar-refractivity contribution in [3.63, 3.8) is 0 Å². The standard InChI is InChI=1S/C27H32N6O2/c1-30-12-13-33(17-19(16-30)14-21-7-4-6-20-8-5-11-28-26(20)21)18-25(34)29-22-9-10-23-24(15-22)32(3)27(35)31(23)2/h4-11,15,19H,12-14,16-18H2,1-3H3,(H,29,34). The minimum atomic E-state index is -0.0791. The van der Waals surface area contributed by atoms with E-state index >= 15 is 0 Å². The maximum atomic E-state index is 13.0. The number of nitrogens with one attached hydrogen (secondary N) is 1. The van der Waals surface area contributed by atoms with Crippen LogP contribution >= 0.6 is 0 Å². The first kappa shape index (κ1) is 23.3. The molecular weight excluding hydrogens is 440 g/mol. The van der Waals surface area contributed by atoms with Gasteiger partial charge in [-0.25, -0.2) is 4.79 Å². The van der Waals surface area contributed by atoms with Gasteiger partial charge in [-0.1, -0.05) is 24.3 Å². The fourth-order valence-electron chi connectivity index (χ4n) is 5.26. The average Bonchev–Trinajstić information content (AvgIpc) is 2.96. The molecule has 0 aliphatic carbocycles. The summed E-state index contributed by atoms with van der Waals surface area (Å²) in [7, 11) is 5.65. The van der Waals surface area contributed by atoms with E-state index in [4.69, 9.17) is 0 Å². The second kappa shape index (κ2) is 9.64. The summed E-state index contributed by atoms with van der Waals surface area (Å²) >= 11 is 0. The van der Waals surface area contributed by atoms with Crippen LogP contribution in [-0.2, 0) is 25.3 Å². The molecule has 1 atom stereocenters. The number of carbonyl (C=O) groups excluding carboxylic acids is 1. The first-order valence-corrected chi connectivity index (χ1v) is 12.1. The van der Waals surface area contributed by atoms with Crippen LogP contribution in [0.1, 0.15) is 5.56 Å². The van der Waals surface area contributed by atoms with E-state index in [1.165, 1.54) is 5.56 Å². The van der Waals surface area contributed by atoms with E-state index in [-0.39, 0.29) is 11.6 Å². The molecule has 1 fully saturated rings. The third-order valence-electron chi connectivity index (χ3n) is 7.03. The Hall–Kier alpha value is -3.49. The Morgan fingerprint density at radius 3 is 2.66 bits per heavy atom. The number of imidazole rings is 1. The maximum absolute atomic E-state index is 13.0. The molecule has 0 bridgehead atoms. The predicted molar refractivity (Wildman–Crippen MR) is 140 cm³/mol. The highest BCUT2D eigenvalue weighted by Gasteiger charge is 2.23. The molecule has 1 aliphatic heterocycles. The summed E-state index contributed by atoms with van der Waals surface area (Å²) in [6, 6.07) is 16.0. The summed E-state index contributed by atoms with van der Waals surface area (Å²) in [5.41, 5.74) is 4.59. The largest absolute Gasteiger partial charge is 0.328 e. The fraction of sp³-hybridized carbons (Fsp3) is 0.370. The molecule has 0 saturated carbocycles. The number of carbonyl (C=O) groups is 1. The van der Waals surface area contributed by atoms with Crippen LogP contribution in [0.3, 0.4) is 0 Å². The Bertz CT molecular complexity index is 1430. The van der Waals surface area contributed by atoms with Crippen LogP contribution in [0, 0.1) is 5.92 Å². The van der Waals surface area contributed by atoms with Crippen molar-refractivity contribution in [2.24, 2.45) is 20.0 Å². The topological polar surface area (TPSA) is 75.4 Å². The van der Waals surface area contributed by atoms with E-state index in [1.54, 1.807) is 23.2 Å². The number of anilines is 1. The Morgan fingerprint density at radius 2 is 1.80 bits per heavy atom. The molecular formula is C27H32N6O2. The van der Waals surface area contributed by atoms with Crippen molar-refractivity contribution in [3.8, 4) is 0 Å². The van der Waals surface area contributed by atoms with Gasteiger partial charge < -0.3 is 10.2 Å². The lowest BCUT2D eigenvalue weighted by molar-refractivity contribution is -0.117. The fourth-order valence-corrected chi connectivity index (χ4v) is 5.26. The smallest absolute Gasteiger partial charge is 0.325 e. The number of nitrogens with zero attached hydrogens (tertiary/aromatic N) is 5. The zero-order chi connectivity index (χ0) is 24.5. The average molecular weight is 473 g/mol. The number of aromatic nitrogens is 3. The molecule has 2 aromatic heterocycles. The quantitative estimate of drug-likeness (QED) is 0.483. The van der Waals surface area contributed by atoms with Crippen molar-refractivity contribution >= 4 is 33.5 Å². The molecule has 35 heavy (non-hydrogen) atoms. The van der Waals surface area contributed by atoms with Gasteiger partial charge in [-0.15, -0.1) is 0 Å². The number of amides is 1. The van der Waals surface area contributed by atoms with E-state index < -0.39 is 0 Å². The molecule has 1 unspecified atom stereocenters. The number of para-hydroxylation sites is 1. The van der Waals surface area contributed by atoms with Gasteiger partial charge in [0.25, 0.3) is 0 Å². The molecule has 1 amide bonds. The maximum Gasteiger partial charge on any atom is 0.328 e. The summed E-state index contributed by atoms with van der Waals surface area (Å²) < 4.78 is 3.21. The molecule has 1 N–H and O–H groups in total. The Balaban J connectivity index is 1.28. The monoisotopic (exact) mass is 472 g/mol. The molecule has 4 aromatic rings. The minimum Gasteiger partial charge on any atom is -0.325 e. The van der Waals surface area contributed by atoms with Crippen molar-refractivity contribution in [2.45, 2.75) is 6.42 Å². The van der Waals surface area contributed by atoms with Gasteiger partial charge in [0.15, 0.2) is 0 Å². The molecule has 8 nitrogen and oxygen atoms in total. The first-order valence-electron chi connectivity index (χ1n) is 12.1. The molecule has 0 radical (unpaired) electrons. The van der Waals surface area contributed by atoms with E-state index in [1.807, 2.05) is 30.5 Å². The zero-order valence-corrected chi connectivity index (χ0v) is 20.6. The molecule has 3 heterocycles. The van der Waals surface area contributed by atoms with Gasteiger partial charge >= 0.3 is 5.69 Å². The third kappa shape index (κ3) is 4.85. The molecule has 0 spiro atoms. The van der Waals surface area contributed by atoms with Crippen LogP contribution in [0.25, 0.3) is 21.9 Å². The van der Waals surface area contributed by atoms with Crippen LogP contribution in [0.2, 0.25) is 0 Å². The van der Waals surface area contributed by atoms with Gasteiger partial charge in [-0.05, 0) is 49.2 Å². The number of benzene rings is 2. The Labute approximate surface area is 204 Å². The summed E-state index contributed by atoms with van der Waals surface area (Å²) in [6.45, 7) is 3.95. The van der Waals surface area contributed by atoms with Crippen LogP contribution in [0.5, 0.6) is 0 Å². The number of likely N-dealkylation sites (N-methyl/N-ethyl adjacent to an activating group) is 1. The summed E-state index contributed by atoms with van der Waals surface area (Å²) in [6.07, 6.45) is 2.78. The lowest BCUT2D eigenvalue weighted by atomic mass is 9.96. The van der Waals surface area contributed by atoms with E-state index in [2.05, 4.69) is 51.4 Å². The summed E-state index contributed by atoms with van der Waals surface area (Å²) in [5, 5.41) is 4.19. The van der Waals surface area contributed by atoms with Crippen LogP contribution in [0.4, 0.5) is 5.69 Å². The predicted octanol–water partition coefficient (Wildman–Crippen LogP) is 2.47. The van der Waals surface area contributed by atoms with Crippen LogP contribution in [-0.4, -0.2) is 69.6 Å². The number of hydrogen-bond acceptors (Lipinski definition) is 5. The van der Waals surface area contributed by atoms with Crippen molar-refractivity contribution in [2.75, 3.05) is 45.1 Å². The highest BCUT2D eigenvalue weighted by Crippen LogP contribution is 2.22. The lowest BCUT2D eigenvalue weighted by Crippen LogP contribution is -2.37. The SMILES string of the molecule is CN1CCN(CC(=O)Nc2ccc3c(c2)n(C)c(=O)n3C)CC(Cc2cccc3cccnc23)C1. The summed E-state index contributed by atoms with van der Waals surface area (Å²) in [5.74, 6) is 0.360. The molecule has 5 rings (SSSR count). The van der Waals surface area contributed by atoms with Gasteiger partial charge in [-0.2, -0.15) is 0 Å². The molecule has 1 saturated heterocycles.